The van der Waals surface area contributed by atoms with Crippen LogP contribution in [-0.4, -0.2) is 50.0 Å². The minimum Gasteiger partial charge on any atom is -0.342 e. The third-order valence-corrected chi connectivity index (χ3v) is 4.09. The summed E-state index contributed by atoms with van der Waals surface area (Å²) in [5, 5.41) is 11.4. The van der Waals surface area contributed by atoms with Crippen LogP contribution in [0.4, 0.5) is 8.78 Å². The Morgan fingerprint density at radius 2 is 1.95 bits per heavy atom. The van der Waals surface area contributed by atoms with Crippen LogP contribution in [0, 0.1) is 0 Å². The minimum atomic E-state index is -2.64. The molecule has 1 aromatic rings. The zero-order chi connectivity index (χ0) is 14.2. The molecule has 8 heteroatoms. The van der Waals surface area contributed by atoms with Gasteiger partial charge in [-0.2, -0.15) is 0 Å². The largest absolute Gasteiger partial charge is 0.342 e. The second-order valence-corrected chi connectivity index (χ2v) is 5.49. The molecule has 0 spiro atoms. The molecule has 3 heterocycles. The lowest BCUT2D eigenvalue weighted by atomic mass is 9.98. The highest BCUT2D eigenvalue weighted by molar-refractivity contribution is 5.83. The number of alkyl halides is 2. The molecule has 1 fully saturated rings. The van der Waals surface area contributed by atoms with Gasteiger partial charge in [0, 0.05) is 32.5 Å². The van der Waals surface area contributed by atoms with Crippen molar-refractivity contribution < 1.29 is 13.6 Å². The number of amides is 1. The van der Waals surface area contributed by atoms with E-state index < -0.39 is 5.92 Å². The van der Waals surface area contributed by atoms with E-state index in [0.717, 1.165) is 12.8 Å². The van der Waals surface area contributed by atoms with Crippen LogP contribution in [0.15, 0.2) is 0 Å². The van der Waals surface area contributed by atoms with Crippen LogP contribution in [0.1, 0.15) is 43.8 Å². The first-order valence-corrected chi connectivity index (χ1v) is 6.99. The van der Waals surface area contributed by atoms with Crippen molar-refractivity contribution in [3.8, 4) is 0 Å². The maximum absolute atomic E-state index is 13.2. The molecule has 0 bridgehead atoms. The third-order valence-electron chi connectivity index (χ3n) is 4.09. The molecule has 0 saturated carbocycles. The number of rotatable bonds is 1. The quantitative estimate of drug-likeness (QED) is 0.777. The number of carbonyl (C=O) groups is 1. The first kappa shape index (κ1) is 13.4. The number of tetrazole rings is 1. The Labute approximate surface area is 115 Å². The van der Waals surface area contributed by atoms with E-state index in [9.17, 15) is 13.6 Å². The van der Waals surface area contributed by atoms with Gasteiger partial charge in [-0.3, -0.25) is 4.79 Å². The molecule has 1 atom stereocenters. The number of hydrogen-bond donors (Lipinski definition) is 0. The summed E-state index contributed by atoms with van der Waals surface area (Å²) in [6.45, 7) is 0.942. The molecule has 0 N–H and O–H groups in total. The van der Waals surface area contributed by atoms with Crippen molar-refractivity contribution in [2.75, 3.05) is 13.1 Å². The Hall–Kier alpha value is -1.60. The highest BCUT2D eigenvalue weighted by atomic mass is 19.3. The lowest BCUT2D eigenvalue weighted by Crippen LogP contribution is -2.44. The standard InChI is InChI=1S/C12H17F2N5O/c13-12(14)4-7-18(8-5-12)11(20)9-3-1-2-6-19-10(9)15-16-17-19/h9H,1-8H2/t9-/m1/s1. The van der Waals surface area contributed by atoms with Crippen molar-refractivity contribution in [3.05, 3.63) is 5.82 Å². The van der Waals surface area contributed by atoms with Crippen LogP contribution in [0.2, 0.25) is 0 Å². The lowest BCUT2D eigenvalue weighted by molar-refractivity contribution is -0.139. The number of fused-ring (bicyclic) bond motifs is 1. The van der Waals surface area contributed by atoms with Gasteiger partial charge in [-0.05, 0) is 23.3 Å². The summed E-state index contributed by atoms with van der Waals surface area (Å²) in [4.78, 5) is 14.1. The van der Waals surface area contributed by atoms with Crippen LogP contribution < -0.4 is 0 Å². The second-order valence-electron chi connectivity index (χ2n) is 5.49. The Morgan fingerprint density at radius 3 is 2.70 bits per heavy atom. The molecule has 0 aliphatic carbocycles. The van der Waals surface area contributed by atoms with Gasteiger partial charge in [-0.25, -0.2) is 13.5 Å². The van der Waals surface area contributed by atoms with E-state index in [1.165, 1.54) is 4.90 Å². The Morgan fingerprint density at radius 1 is 1.20 bits per heavy atom. The SMILES string of the molecule is O=C([C@@H]1CCCCn2nnnc21)N1CCC(F)(F)CC1. The fourth-order valence-corrected chi connectivity index (χ4v) is 2.87. The zero-order valence-electron chi connectivity index (χ0n) is 11.1. The molecule has 0 aromatic carbocycles. The highest BCUT2D eigenvalue weighted by Gasteiger charge is 2.39. The van der Waals surface area contributed by atoms with E-state index in [1.807, 2.05) is 0 Å². The van der Waals surface area contributed by atoms with Crippen LogP contribution in [0.5, 0.6) is 0 Å². The fourth-order valence-electron chi connectivity index (χ4n) is 2.87. The maximum Gasteiger partial charge on any atom is 0.251 e. The van der Waals surface area contributed by atoms with Gasteiger partial charge in [0.2, 0.25) is 5.91 Å². The van der Waals surface area contributed by atoms with Gasteiger partial charge < -0.3 is 4.90 Å². The molecule has 20 heavy (non-hydrogen) atoms. The first-order valence-electron chi connectivity index (χ1n) is 6.99. The summed E-state index contributed by atoms with van der Waals surface area (Å²) in [7, 11) is 0. The molecular formula is C12H17F2N5O. The van der Waals surface area contributed by atoms with Gasteiger partial charge in [0.15, 0.2) is 5.82 Å². The zero-order valence-corrected chi connectivity index (χ0v) is 11.1. The van der Waals surface area contributed by atoms with E-state index in [2.05, 4.69) is 15.5 Å². The van der Waals surface area contributed by atoms with Crippen molar-refractivity contribution in [3.63, 3.8) is 0 Å². The van der Waals surface area contributed by atoms with E-state index in [1.54, 1.807) is 4.68 Å². The molecule has 2 aliphatic rings. The molecule has 0 radical (unpaired) electrons. The average Bonchev–Trinajstić information content (AvgIpc) is 2.78. The summed E-state index contributed by atoms with van der Waals surface area (Å²) in [6.07, 6.45) is 2.02. The fraction of sp³-hybridized carbons (Fsp3) is 0.833. The number of piperidine rings is 1. The molecule has 110 valence electrons. The monoisotopic (exact) mass is 285 g/mol. The normalized spacial score (nSPS) is 25.9. The van der Waals surface area contributed by atoms with Crippen LogP contribution in [0.3, 0.4) is 0 Å². The number of carbonyl (C=O) groups excluding carboxylic acids is 1. The first-order chi connectivity index (χ1) is 9.57. The van der Waals surface area contributed by atoms with E-state index in [4.69, 9.17) is 0 Å². The number of aryl methyl sites for hydroxylation is 1. The maximum atomic E-state index is 13.2. The predicted octanol–water partition coefficient (Wildman–Crippen LogP) is 1.20. The molecule has 1 aromatic heterocycles. The topological polar surface area (TPSA) is 63.9 Å². The molecule has 1 amide bonds. The smallest absolute Gasteiger partial charge is 0.251 e. The van der Waals surface area contributed by atoms with Crippen molar-refractivity contribution in [1.29, 1.82) is 0 Å². The van der Waals surface area contributed by atoms with Crippen LogP contribution in [0.25, 0.3) is 0 Å². The van der Waals surface area contributed by atoms with Crippen LogP contribution in [-0.2, 0) is 11.3 Å². The summed E-state index contributed by atoms with van der Waals surface area (Å²) >= 11 is 0. The number of likely N-dealkylation sites (tertiary alicyclic amines) is 1. The lowest BCUT2D eigenvalue weighted by Gasteiger charge is -2.33. The molecule has 6 nitrogen and oxygen atoms in total. The second kappa shape index (κ2) is 5.06. The molecule has 1 saturated heterocycles. The van der Waals surface area contributed by atoms with Gasteiger partial charge in [0.1, 0.15) is 0 Å². The number of hydrogen-bond acceptors (Lipinski definition) is 4. The Bertz CT molecular complexity index is 494. The Kier molecular flexibility index (Phi) is 3.39. The molecule has 3 rings (SSSR count). The number of nitrogens with zero attached hydrogens (tertiary/aromatic N) is 5. The van der Waals surface area contributed by atoms with Crippen molar-refractivity contribution in [2.24, 2.45) is 0 Å². The number of halogens is 2. The Balaban J connectivity index is 1.75. The highest BCUT2D eigenvalue weighted by Crippen LogP contribution is 2.31. The average molecular weight is 285 g/mol. The summed E-state index contributed by atoms with van der Waals surface area (Å²) in [5.74, 6) is -2.57. The van der Waals surface area contributed by atoms with Gasteiger partial charge in [0.05, 0.1) is 5.92 Å². The third kappa shape index (κ3) is 2.51. The van der Waals surface area contributed by atoms with E-state index >= 15 is 0 Å². The van der Waals surface area contributed by atoms with E-state index in [0.29, 0.717) is 18.8 Å². The minimum absolute atomic E-state index is 0.113. The van der Waals surface area contributed by atoms with Gasteiger partial charge in [0.25, 0.3) is 5.92 Å². The van der Waals surface area contributed by atoms with Crippen LogP contribution >= 0.6 is 0 Å². The summed E-state index contributed by atoms with van der Waals surface area (Å²) < 4.78 is 28.0. The number of aromatic nitrogens is 4. The summed E-state index contributed by atoms with van der Waals surface area (Å²) in [6, 6.07) is 0. The van der Waals surface area contributed by atoms with E-state index in [-0.39, 0.29) is 37.8 Å². The molecule has 0 unspecified atom stereocenters. The van der Waals surface area contributed by atoms with Crippen molar-refractivity contribution in [1.82, 2.24) is 25.1 Å². The van der Waals surface area contributed by atoms with Crippen molar-refractivity contribution >= 4 is 5.91 Å². The van der Waals surface area contributed by atoms with Gasteiger partial charge in [-0.1, -0.05) is 6.42 Å². The van der Waals surface area contributed by atoms with Crippen molar-refractivity contribution in [2.45, 2.75) is 50.5 Å². The molecule has 2 aliphatic heterocycles. The van der Waals surface area contributed by atoms with Gasteiger partial charge >= 0.3 is 0 Å². The van der Waals surface area contributed by atoms with Gasteiger partial charge in [-0.15, -0.1) is 5.10 Å². The summed E-state index contributed by atoms with van der Waals surface area (Å²) in [5.41, 5.74) is 0. The molecular weight excluding hydrogens is 268 g/mol. The predicted molar refractivity (Wildman–Crippen MR) is 65.2 cm³/mol.